The van der Waals surface area contributed by atoms with Crippen molar-refractivity contribution in [2.75, 3.05) is 7.05 Å². The zero-order valence-electron chi connectivity index (χ0n) is 12.1. The normalized spacial score (nSPS) is 12.3. The Morgan fingerprint density at radius 1 is 1.43 bits per heavy atom. The number of hydrogen-bond donors (Lipinski definition) is 1. The summed E-state index contributed by atoms with van der Waals surface area (Å²) in [5, 5.41) is 17.8. The monoisotopic (exact) mass is 290 g/mol. The molecule has 112 valence electrons. The summed E-state index contributed by atoms with van der Waals surface area (Å²) in [5.74, 6) is 1.23. The summed E-state index contributed by atoms with van der Waals surface area (Å²) in [5.41, 5.74) is 0.981. The van der Waals surface area contributed by atoms with Crippen molar-refractivity contribution >= 4 is 5.69 Å². The fourth-order valence-electron chi connectivity index (χ4n) is 1.93. The molecule has 1 aromatic carbocycles. The Labute approximate surface area is 122 Å². The lowest BCUT2D eigenvalue weighted by atomic mass is 10.1. The van der Waals surface area contributed by atoms with Crippen molar-refractivity contribution in [3.05, 3.63) is 51.7 Å². The van der Waals surface area contributed by atoms with Crippen molar-refractivity contribution < 1.29 is 9.45 Å². The first kappa shape index (κ1) is 15.1. The molecule has 0 spiro atoms. The zero-order valence-corrected chi connectivity index (χ0v) is 12.1. The van der Waals surface area contributed by atoms with Gasteiger partial charge in [0.05, 0.1) is 4.92 Å². The Hall–Kier alpha value is -2.28. The summed E-state index contributed by atoms with van der Waals surface area (Å²) in [7, 11) is 1.88. The molecule has 0 saturated carbocycles. The summed E-state index contributed by atoms with van der Waals surface area (Å²) in [4.78, 5) is 14.6. The molecular weight excluding hydrogens is 272 g/mol. The fourth-order valence-corrected chi connectivity index (χ4v) is 1.93. The molecule has 0 radical (unpaired) electrons. The second-order valence-corrected chi connectivity index (χ2v) is 4.93. The van der Waals surface area contributed by atoms with Crippen LogP contribution in [0.1, 0.15) is 24.2 Å². The maximum absolute atomic E-state index is 10.7. The molecule has 0 bridgehead atoms. The van der Waals surface area contributed by atoms with Gasteiger partial charge in [-0.25, -0.2) is 0 Å². The highest BCUT2D eigenvalue weighted by Gasteiger charge is 2.10. The van der Waals surface area contributed by atoms with Gasteiger partial charge in [-0.2, -0.15) is 4.98 Å². The molecule has 1 N–H and O–H groups in total. The molecule has 2 aromatic rings. The number of nitrogens with zero attached hydrogens (tertiary/aromatic N) is 3. The lowest BCUT2D eigenvalue weighted by molar-refractivity contribution is -0.384. The van der Waals surface area contributed by atoms with Crippen LogP contribution in [0.15, 0.2) is 28.8 Å². The Morgan fingerprint density at radius 3 is 2.95 bits per heavy atom. The molecule has 7 nitrogen and oxygen atoms in total. The lowest BCUT2D eigenvalue weighted by Crippen LogP contribution is -2.24. The summed E-state index contributed by atoms with van der Waals surface area (Å²) in [6.07, 6.45) is 1.91. The first-order valence-electron chi connectivity index (χ1n) is 6.80. The van der Waals surface area contributed by atoms with Gasteiger partial charge >= 0.3 is 0 Å². The molecule has 0 fully saturated rings. The number of non-ortho nitro benzene ring substituents is 1. The topological polar surface area (TPSA) is 94.1 Å². The minimum Gasteiger partial charge on any atom is -0.339 e. The van der Waals surface area contributed by atoms with Crippen LogP contribution in [0.25, 0.3) is 0 Å². The summed E-state index contributed by atoms with van der Waals surface area (Å²) >= 11 is 0. The van der Waals surface area contributed by atoms with E-state index in [0.717, 1.165) is 5.56 Å². The quantitative estimate of drug-likeness (QED) is 0.618. The molecule has 0 aliphatic carbocycles. The molecule has 0 saturated heterocycles. The summed E-state index contributed by atoms with van der Waals surface area (Å²) in [6, 6.07) is 6.87. The molecule has 1 unspecified atom stereocenters. The number of aromatic nitrogens is 2. The number of nitrogens with one attached hydrogen (secondary N) is 1. The number of rotatable bonds is 7. The average molecular weight is 290 g/mol. The van der Waals surface area contributed by atoms with E-state index in [1.165, 1.54) is 6.07 Å². The van der Waals surface area contributed by atoms with Crippen molar-refractivity contribution in [3.63, 3.8) is 0 Å². The maximum Gasteiger partial charge on any atom is 0.269 e. The highest BCUT2D eigenvalue weighted by atomic mass is 16.6. The van der Waals surface area contributed by atoms with E-state index in [0.29, 0.717) is 31.0 Å². The van der Waals surface area contributed by atoms with E-state index >= 15 is 0 Å². The minimum absolute atomic E-state index is 0.0987. The number of nitro groups is 1. The Morgan fingerprint density at radius 2 is 2.24 bits per heavy atom. The fraction of sp³-hybridized carbons (Fsp3) is 0.429. The van der Waals surface area contributed by atoms with Crippen molar-refractivity contribution in [2.24, 2.45) is 0 Å². The number of hydrogen-bond acceptors (Lipinski definition) is 6. The lowest BCUT2D eigenvalue weighted by Gasteiger charge is -2.04. The van der Waals surface area contributed by atoms with Crippen LogP contribution in [-0.2, 0) is 19.3 Å². The van der Waals surface area contributed by atoms with Crippen molar-refractivity contribution in [3.8, 4) is 0 Å². The number of benzene rings is 1. The van der Waals surface area contributed by atoms with Crippen LogP contribution in [0.3, 0.4) is 0 Å². The van der Waals surface area contributed by atoms with Gasteiger partial charge in [0, 0.05) is 31.0 Å². The van der Waals surface area contributed by atoms with Crippen molar-refractivity contribution in [2.45, 2.75) is 32.2 Å². The van der Waals surface area contributed by atoms with Gasteiger partial charge in [0.1, 0.15) is 0 Å². The van der Waals surface area contributed by atoms with E-state index in [-0.39, 0.29) is 11.7 Å². The molecule has 21 heavy (non-hydrogen) atoms. The highest BCUT2D eigenvalue weighted by molar-refractivity contribution is 5.34. The van der Waals surface area contributed by atoms with Gasteiger partial charge in [-0.15, -0.1) is 0 Å². The molecule has 2 rings (SSSR count). The van der Waals surface area contributed by atoms with Crippen LogP contribution in [0, 0.1) is 10.1 Å². The number of likely N-dealkylation sites (N-methyl/N-ethyl adjacent to an activating group) is 1. The third-order valence-corrected chi connectivity index (χ3v) is 3.24. The van der Waals surface area contributed by atoms with Gasteiger partial charge in [0.25, 0.3) is 5.69 Å². The van der Waals surface area contributed by atoms with E-state index in [2.05, 4.69) is 15.5 Å². The average Bonchev–Trinajstić information content (AvgIpc) is 2.92. The second kappa shape index (κ2) is 6.94. The van der Waals surface area contributed by atoms with Gasteiger partial charge in [-0.05, 0) is 26.0 Å². The van der Waals surface area contributed by atoms with Crippen molar-refractivity contribution in [1.29, 1.82) is 0 Å². The Bertz CT molecular complexity index is 612. The van der Waals surface area contributed by atoms with Crippen LogP contribution >= 0.6 is 0 Å². The van der Waals surface area contributed by atoms with Gasteiger partial charge in [-0.3, -0.25) is 10.1 Å². The smallest absolute Gasteiger partial charge is 0.269 e. The number of aryl methyl sites for hydroxylation is 2. The van der Waals surface area contributed by atoms with Gasteiger partial charge in [0.2, 0.25) is 5.89 Å². The summed E-state index contributed by atoms with van der Waals surface area (Å²) in [6.45, 7) is 2.04. The Balaban J connectivity index is 1.94. The first-order chi connectivity index (χ1) is 10.1. The van der Waals surface area contributed by atoms with Crippen LogP contribution in [0.5, 0.6) is 0 Å². The zero-order chi connectivity index (χ0) is 15.2. The third kappa shape index (κ3) is 4.35. The molecule has 1 heterocycles. The Kier molecular flexibility index (Phi) is 4.99. The van der Waals surface area contributed by atoms with E-state index in [1.54, 1.807) is 12.1 Å². The van der Waals surface area contributed by atoms with Crippen LogP contribution in [0.4, 0.5) is 5.69 Å². The standard InChI is InChI=1S/C14H18N4O3/c1-10(15-2)8-13-16-14(21-17-13)7-6-11-4-3-5-12(9-11)18(19)20/h3-5,9-10,15H,6-8H2,1-2H3. The molecule has 0 aliphatic heterocycles. The van der Waals surface area contributed by atoms with Crippen molar-refractivity contribution in [1.82, 2.24) is 15.5 Å². The number of nitro benzene ring substituents is 1. The largest absolute Gasteiger partial charge is 0.339 e. The van der Waals surface area contributed by atoms with E-state index < -0.39 is 4.92 Å². The van der Waals surface area contributed by atoms with Crippen LogP contribution in [0.2, 0.25) is 0 Å². The van der Waals surface area contributed by atoms with Crippen LogP contribution < -0.4 is 5.32 Å². The van der Waals surface area contributed by atoms with E-state index in [9.17, 15) is 10.1 Å². The van der Waals surface area contributed by atoms with E-state index in [4.69, 9.17) is 4.52 Å². The summed E-state index contributed by atoms with van der Waals surface area (Å²) < 4.78 is 5.19. The maximum atomic E-state index is 10.7. The third-order valence-electron chi connectivity index (χ3n) is 3.24. The minimum atomic E-state index is -0.395. The predicted molar refractivity (Wildman–Crippen MR) is 77.0 cm³/mol. The molecule has 1 atom stereocenters. The molecule has 7 heteroatoms. The molecule has 1 aromatic heterocycles. The SMILES string of the molecule is CNC(C)Cc1noc(CCc2cccc([N+](=O)[O-])c2)n1. The van der Waals surface area contributed by atoms with Crippen LogP contribution in [-0.4, -0.2) is 28.2 Å². The second-order valence-electron chi connectivity index (χ2n) is 4.93. The molecule has 0 aliphatic rings. The molecular formula is C14H18N4O3. The first-order valence-corrected chi connectivity index (χ1v) is 6.80. The predicted octanol–water partition coefficient (Wildman–Crippen LogP) is 1.91. The highest BCUT2D eigenvalue weighted by Crippen LogP contribution is 2.15. The van der Waals surface area contributed by atoms with Gasteiger partial charge in [0.15, 0.2) is 5.82 Å². The van der Waals surface area contributed by atoms with E-state index in [1.807, 2.05) is 20.0 Å². The van der Waals surface area contributed by atoms with Gasteiger partial charge in [-0.1, -0.05) is 17.3 Å². The van der Waals surface area contributed by atoms with Gasteiger partial charge < -0.3 is 9.84 Å². The molecule has 0 amide bonds.